The Bertz CT molecular complexity index is 622. The van der Waals surface area contributed by atoms with Crippen LogP contribution in [0.25, 0.3) is 0 Å². The van der Waals surface area contributed by atoms with Gasteiger partial charge in [0.25, 0.3) is 0 Å². The third-order valence-corrected chi connectivity index (χ3v) is 3.15. The van der Waals surface area contributed by atoms with E-state index in [0.29, 0.717) is 15.2 Å². The molecule has 0 aliphatic carbocycles. The molecule has 0 atom stereocenters. The third-order valence-electron chi connectivity index (χ3n) is 2.29. The van der Waals surface area contributed by atoms with Crippen molar-refractivity contribution in [2.45, 2.75) is 6.61 Å². The summed E-state index contributed by atoms with van der Waals surface area (Å²) in [5, 5.41) is 11.4. The van der Waals surface area contributed by atoms with Crippen LogP contribution in [-0.4, -0.2) is 9.91 Å². The van der Waals surface area contributed by atoms with Gasteiger partial charge in [-0.3, -0.25) is 15.1 Å². The summed E-state index contributed by atoms with van der Waals surface area (Å²) in [6, 6.07) is 7.92. The minimum Gasteiger partial charge on any atom is -0.480 e. The fourth-order valence-electron chi connectivity index (χ4n) is 1.46. The molecule has 2 aromatic rings. The van der Waals surface area contributed by atoms with E-state index in [-0.39, 0.29) is 18.0 Å². The van der Waals surface area contributed by atoms with Crippen molar-refractivity contribution in [3.05, 3.63) is 61.8 Å². The lowest BCUT2D eigenvalue weighted by Crippen LogP contribution is -2.01. The first-order valence-electron chi connectivity index (χ1n) is 5.24. The maximum Gasteiger partial charge on any atom is 0.312 e. The zero-order valence-electron chi connectivity index (χ0n) is 9.55. The van der Waals surface area contributed by atoms with Crippen LogP contribution in [0.15, 0.2) is 41.0 Å². The first-order valence-corrected chi connectivity index (χ1v) is 6.41. The number of benzene rings is 1. The van der Waals surface area contributed by atoms with Gasteiger partial charge in [-0.15, -0.1) is 0 Å². The Kier molecular flexibility index (Phi) is 4.34. The number of hydrogen-bond donors (Lipinski definition) is 0. The van der Waals surface area contributed by atoms with E-state index in [9.17, 15) is 10.1 Å². The zero-order valence-corrected chi connectivity index (χ0v) is 11.9. The number of nitrogens with zero attached hydrogens (tertiary/aromatic N) is 2. The molecule has 0 unspecified atom stereocenters. The molecule has 0 aliphatic rings. The molecule has 0 bridgehead atoms. The fraction of sp³-hybridized carbons (Fsp3) is 0.0833. The lowest BCUT2D eigenvalue weighted by atomic mass is 10.3. The highest BCUT2D eigenvalue weighted by atomic mass is 79.9. The van der Waals surface area contributed by atoms with Crippen LogP contribution in [0.4, 0.5) is 5.69 Å². The van der Waals surface area contributed by atoms with Crippen LogP contribution in [-0.2, 0) is 6.61 Å². The molecule has 0 saturated heterocycles. The summed E-state index contributed by atoms with van der Waals surface area (Å²) in [5.41, 5.74) is 0.494. The second-order valence-electron chi connectivity index (χ2n) is 3.60. The number of nitro groups is 1. The molecule has 0 saturated carbocycles. The number of pyridine rings is 1. The second-order valence-corrected chi connectivity index (χ2v) is 4.89. The van der Waals surface area contributed by atoms with Crippen LogP contribution < -0.4 is 4.74 Å². The van der Waals surface area contributed by atoms with Gasteiger partial charge in [0.15, 0.2) is 0 Å². The average Bonchev–Trinajstić information content (AvgIpc) is 2.37. The van der Waals surface area contributed by atoms with Crippen LogP contribution in [0.2, 0.25) is 5.02 Å². The van der Waals surface area contributed by atoms with Crippen molar-refractivity contribution in [1.82, 2.24) is 4.98 Å². The summed E-state index contributed by atoms with van der Waals surface area (Å²) in [7, 11) is 0. The lowest BCUT2D eigenvalue weighted by molar-refractivity contribution is -0.386. The van der Waals surface area contributed by atoms with Crippen molar-refractivity contribution in [2.24, 2.45) is 0 Å². The Balaban J connectivity index is 2.22. The van der Waals surface area contributed by atoms with Crippen molar-refractivity contribution in [3.63, 3.8) is 0 Å². The van der Waals surface area contributed by atoms with Crippen molar-refractivity contribution in [3.8, 4) is 5.75 Å². The molecule has 1 heterocycles. The molecule has 0 spiro atoms. The average molecular weight is 344 g/mol. The van der Waals surface area contributed by atoms with E-state index >= 15 is 0 Å². The molecule has 19 heavy (non-hydrogen) atoms. The van der Waals surface area contributed by atoms with Gasteiger partial charge in [0.2, 0.25) is 5.75 Å². The Morgan fingerprint density at radius 2 is 2.21 bits per heavy atom. The quantitative estimate of drug-likeness (QED) is 0.622. The van der Waals surface area contributed by atoms with Crippen LogP contribution in [0.5, 0.6) is 5.75 Å². The molecule has 98 valence electrons. The molecule has 2 rings (SSSR count). The number of nitro benzene ring substituents is 1. The number of halogens is 2. The monoisotopic (exact) mass is 342 g/mol. The summed E-state index contributed by atoms with van der Waals surface area (Å²) in [6.07, 6.45) is 1.55. The van der Waals surface area contributed by atoms with Gasteiger partial charge in [-0.05, 0) is 34.1 Å². The second kappa shape index (κ2) is 5.99. The normalized spacial score (nSPS) is 10.2. The van der Waals surface area contributed by atoms with Crippen molar-refractivity contribution in [2.75, 3.05) is 0 Å². The van der Waals surface area contributed by atoms with Gasteiger partial charge in [-0.1, -0.05) is 17.7 Å². The maximum absolute atomic E-state index is 10.9. The van der Waals surface area contributed by atoms with E-state index in [1.165, 1.54) is 6.07 Å². The molecule has 0 amide bonds. The molecule has 0 N–H and O–H groups in total. The molecule has 0 aliphatic heterocycles. The van der Waals surface area contributed by atoms with E-state index in [1.807, 2.05) is 0 Å². The van der Waals surface area contributed by atoms with Crippen LogP contribution in [0.3, 0.4) is 0 Å². The predicted octanol–water partition coefficient (Wildman–Crippen LogP) is 3.98. The van der Waals surface area contributed by atoms with Gasteiger partial charge in [0, 0.05) is 17.3 Å². The standard InChI is InChI=1S/C12H8BrClN2O3/c13-10-2-1-3-11(16(17)18)12(10)19-7-9-6-8(14)4-5-15-9/h1-6H,7H2. The largest absolute Gasteiger partial charge is 0.480 e. The summed E-state index contributed by atoms with van der Waals surface area (Å²) in [6.45, 7) is 0.101. The molecule has 1 aromatic heterocycles. The van der Waals surface area contributed by atoms with E-state index in [4.69, 9.17) is 16.3 Å². The molecule has 0 radical (unpaired) electrons. The Morgan fingerprint density at radius 1 is 1.42 bits per heavy atom. The lowest BCUT2D eigenvalue weighted by Gasteiger charge is -2.08. The van der Waals surface area contributed by atoms with E-state index in [2.05, 4.69) is 20.9 Å². The SMILES string of the molecule is O=[N+]([O-])c1cccc(Br)c1OCc1cc(Cl)ccn1. The van der Waals surface area contributed by atoms with Gasteiger partial charge in [-0.25, -0.2) is 0 Å². The summed E-state index contributed by atoms with van der Waals surface area (Å²) in [5.74, 6) is 0.175. The Hall–Kier alpha value is -1.66. The van der Waals surface area contributed by atoms with E-state index in [0.717, 1.165) is 0 Å². The summed E-state index contributed by atoms with van der Waals surface area (Å²) in [4.78, 5) is 14.5. The van der Waals surface area contributed by atoms with Gasteiger partial charge < -0.3 is 4.74 Å². The number of ether oxygens (including phenoxy) is 1. The van der Waals surface area contributed by atoms with Crippen molar-refractivity contribution >= 4 is 33.2 Å². The van der Waals surface area contributed by atoms with Gasteiger partial charge in [-0.2, -0.15) is 0 Å². The van der Waals surface area contributed by atoms with Gasteiger partial charge in [0.05, 0.1) is 15.1 Å². The fourth-order valence-corrected chi connectivity index (χ4v) is 2.11. The number of hydrogen-bond acceptors (Lipinski definition) is 4. The van der Waals surface area contributed by atoms with Gasteiger partial charge >= 0.3 is 5.69 Å². The smallest absolute Gasteiger partial charge is 0.312 e. The molecule has 7 heteroatoms. The third kappa shape index (κ3) is 3.42. The molecule has 1 aromatic carbocycles. The highest BCUT2D eigenvalue weighted by Gasteiger charge is 2.18. The summed E-state index contributed by atoms with van der Waals surface area (Å²) < 4.78 is 5.98. The maximum atomic E-state index is 10.9. The van der Waals surface area contributed by atoms with Crippen LogP contribution in [0.1, 0.15) is 5.69 Å². The highest BCUT2D eigenvalue weighted by Crippen LogP contribution is 2.35. The zero-order chi connectivity index (χ0) is 13.8. The van der Waals surface area contributed by atoms with Crippen molar-refractivity contribution < 1.29 is 9.66 Å². The first-order chi connectivity index (χ1) is 9.08. The van der Waals surface area contributed by atoms with Gasteiger partial charge in [0.1, 0.15) is 6.61 Å². The predicted molar refractivity (Wildman–Crippen MR) is 74.4 cm³/mol. The Morgan fingerprint density at radius 3 is 2.89 bits per heavy atom. The minimum absolute atomic E-state index is 0.101. The Labute approximate surface area is 122 Å². The van der Waals surface area contributed by atoms with Crippen LogP contribution >= 0.6 is 27.5 Å². The first kappa shape index (κ1) is 13.8. The highest BCUT2D eigenvalue weighted by molar-refractivity contribution is 9.10. The summed E-state index contributed by atoms with van der Waals surface area (Å²) >= 11 is 9.05. The number of para-hydroxylation sites is 1. The van der Waals surface area contributed by atoms with Crippen molar-refractivity contribution in [1.29, 1.82) is 0 Å². The minimum atomic E-state index is -0.495. The molecule has 0 fully saturated rings. The van der Waals surface area contributed by atoms with E-state index in [1.54, 1.807) is 30.5 Å². The van der Waals surface area contributed by atoms with Crippen LogP contribution in [0, 0.1) is 10.1 Å². The number of aromatic nitrogens is 1. The molecular formula is C12H8BrClN2O3. The molecular weight excluding hydrogens is 336 g/mol. The number of rotatable bonds is 4. The molecule has 5 nitrogen and oxygen atoms in total. The van der Waals surface area contributed by atoms with E-state index < -0.39 is 4.92 Å². The topological polar surface area (TPSA) is 65.3 Å².